The minimum atomic E-state index is -2.05. The summed E-state index contributed by atoms with van der Waals surface area (Å²) in [6, 6.07) is 0. The molecule has 4 nitrogen and oxygen atoms in total. The van der Waals surface area contributed by atoms with Crippen LogP contribution in [0.2, 0.25) is 0 Å². The number of allylic oxidation sites excluding steroid dienone is 3. The number of carbonyl (C=O) groups excluding carboxylic acids is 2. The Kier molecular flexibility index (Phi) is 2.69. The van der Waals surface area contributed by atoms with E-state index < -0.39 is 29.7 Å². The van der Waals surface area contributed by atoms with Gasteiger partial charge in [0.05, 0.1) is 6.42 Å². The van der Waals surface area contributed by atoms with Gasteiger partial charge in [-0.15, -0.1) is 0 Å². The standard InChI is InChI=1S/C13H8O4/c14-9-7-10-11(15)5-3-1-2-4-6-13(17,8-9)12(10)16/h1-2,7,11,15,17H,8H2/b2-1-/t11-,13-/m0/s1. The summed E-state index contributed by atoms with van der Waals surface area (Å²) >= 11 is 0. The monoisotopic (exact) mass is 228 g/mol. The zero-order valence-electron chi connectivity index (χ0n) is 8.73. The molecular formula is C13H8O4. The third kappa shape index (κ3) is 2.05. The summed E-state index contributed by atoms with van der Waals surface area (Å²) in [6.45, 7) is 0. The molecule has 0 saturated carbocycles. The number of carbonyl (C=O) groups is 2. The summed E-state index contributed by atoms with van der Waals surface area (Å²) in [4.78, 5) is 23.3. The quantitative estimate of drug-likeness (QED) is 0.528. The summed E-state index contributed by atoms with van der Waals surface area (Å²) in [6.07, 6.45) is 1.98. The molecule has 0 aromatic heterocycles. The molecule has 0 heterocycles. The molecule has 2 aliphatic rings. The van der Waals surface area contributed by atoms with Crippen LogP contribution in [0.5, 0.6) is 0 Å². The van der Waals surface area contributed by atoms with Gasteiger partial charge >= 0.3 is 0 Å². The van der Waals surface area contributed by atoms with E-state index >= 15 is 0 Å². The van der Waals surface area contributed by atoms with Crippen molar-refractivity contribution in [3.8, 4) is 23.7 Å². The second kappa shape index (κ2) is 4.03. The van der Waals surface area contributed by atoms with Crippen LogP contribution in [0.4, 0.5) is 0 Å². The second-order valence-electron chi connectivity index (χ2n) is 3.73. The molecule has 0 saturated heterocycles. The van der Waals surface area contributed by atoms with E-state index in [1.54, 1.807) is 0 Å². The fraction of sp³-hybridized carbons (Fsp3) is 0.231. The number of hydrogen-bond acceptors (Lipinski definition) is 4. The Hall–Kier alpha value is -2.14. The van der Waals surface area contributed by atoms with Gasteiger partial charge in [-0.2, -0.15) is 0 Å². The van der Waals surface area contributed by atoms with Gasteiger partial charge in [0.15, 0.2) is 11.4 Å². The van der Waals surface area contributed by atoms with Gasteiger partial charge in [0.2, 0.25) is 5.78 Å². The number of aliphatic hydroxyl groups excluding tert-OH is 1. The van der Waals surface area contributed by atoms with E-state index in [4.69, 9.17) is 0 Å². The Labute approximate surface area is 97.6 Å². The maximum absolute atomic E-state index is 11.9. The molecular weight excluding hydrogens is 220 g/mol. The molecule has 0 aliphatic heterocycles. The smallest absolute Gasteiger partial charge is 0.207 e. The van der Waals surface area contributed by atoms with Crippen LogP contribution in [-0.4, -0.2) is 33.5 Å². The Morgan fingerprint density at radius 2 is 2.00 bits per heavy atom. The topological polar surface area (TPSA) is 74.6 Å². The summed E-state index contributed by atoms with van der Waals surface area (Å²) in [5, 5.41) is 19.6. The van der Waals surface area contributed by atoms with Crippen LogP contribution >= 0.6 is 0 Å². The molecule has 0 spiro atoms. The summed E-state index contributed by atoms with van der Waals surface area (Å²) in [5.74, 6) is 8.42. The Morgan fingerprint density at radius 1 is 1.29 bits per heavy atom. The Bertz CT molecular complexity index is 574. The van der Waals surface area contributed by atoms with E-state index in [0.29, 0.717) is 0 Å². The van der Waals surface area contributed by atoms with E-state index in [1.807, 2.05) is 0 Å². The fourth-order valence-corrected chi connectivity index (χ4v) is 1.61. The van der Waals surface area contributed by atoms with Crippen molar-refractivity contribution >= 4 is 11.6 Å². The molecule has 84 valence electrons. The van der Waals surface area contributed by atoms with Crippen LogP contribution in [0, 0.1) is 23.7 Å². The minimum Gasteiger partial charge on any atom is -0.376 e. The van der Waals surface area contributed by atoms with Gasteiger partial charge in [-0.05, 0) is 18.2 Å². The Morgan fingerprint density at radius 3 is 2.76 bits per heavy atom. The number of hydrogen-bond donors (Lipinski definition) is 2. The van der Waals surface area contributed by atoms with Crippen molar-refractivity contribution in [2.75, 3.05) is 0 Å². The van der Waals surface area contributed by atoms with Crippen LogP contribution < -0.4 is 0 Å². The van der Waals surface area contributed by atoms with E-state index in [0.717, 1.165) is 6.08 Å². The largest absolute Gasteiger partial charge is 0.376 e. The van der Waals surface area contributed by atoms with Crippen molar-refractivity contribution in [2.45, 2.75) is 18.1 Å². The lowest BCUT2D eigenvalue weighted by molar-refractivity contribution is -0.135. The van der Waals surface area contributed by atoms with Gasteiger partial charge < -0.3 is 10.2 Å². The molecule has 17 heavy (non-hydrogen) atoms. The van der Waals surface area contributed by atoms with Crippen molar-refractivity contribution in [2.24, 2.45) is 0 Å². The van der Waals surface area contributed by atoms with Crippen LogP contribution in [0.3, 0.4) is 0 Å². The van der Waals surface area contributed by atoms with E-state index in [9.17, 15) is 19.8 Å². The zero-order valence-corrected chi connectivity index (χ0v) is 8.73. The minimum absolute atomic E-state index is 0.208. The molecule has 2 atom stereocenters. The molecule has 2 rings (SSSR count). The van der Waals surface area contributed by atoms with Gasteiger partial charge in [-0.1, -0.05) is 23.7 Å². The highest BCUT2D eigenvalue weighted by molar-refractivity contribution is 6.15. The molecule has 0 amide bonds. The van der Waals surface area contributed by atoms with Crippen LogP contribution in [0.25, 0.3) is 0 Å². The van der Waals surface area contributed by atoms with Gasteiger partial charge in [0.1, 0.15) is 6.10 Å². The third-order valence-corrected chi connectivity index (χ3v) is 2.43. The zero-order chi connectivity index (χ0) is 12.5. The normalized spacial score (nSPS) is 32.6. The number of aliphatic hydroxyl groups is 2. The van der Waals surface area contributed by atoms with E-state index in [1.165, 1.54) is 12.2 Å². The molecule has 2 N–H and O–H groups in total. The molecule has 0 radical (unpaired) electrons. The second-order valence-corrected chi connectivity index (χ2v) is 3.73. The third-order valence-electron chi connectivity index (χ3n) is 2.43. The molecule has 0 aromatic carbocycles. The van der Waals surface area contributed by atoms with Crippen molar-refractivity contribution < 1.29 is 19.8 Å². The molecule has 0 unspecified atom stereocenters. The van der Waals surface area contributed by atoms with Crippen molar-refractivity contribution in [1.29, 1.82) is 0 Å². The predicted molar refractivity (Wildman–Crippen MR) is 58.4 cm³/mol. The first kappa shape index (κ1) is 11.3. The highest BCUT2D eigenvalue weighted by Crippen LogP contribution is 2.24. The van der Waals surface area contributed by atoms with Gasteiger partial charge in [0.25, 0.3) is 0 Å². The lowest BCUT2D eigenvalue weighted by atomic mass is 9.81. The molecule has 0 aromatic rings. The average molecular weight is 228 g/mol. The number of fused-ring (bicyclic) bond motifs is 2. The van der Waals surface area contributed by atoms with Crippen LogP contribution in [0.1, 0.15) is 6.42 Å². The van der Waals surface area contributed by atoms with Gasteiger partial charge in [0, 0.05) is 5.57 Å². The predicted octanol–water partition coefficient (Wildman–Crippen LogP) is -0.877. The molecule has 0 fully saturated rings. The lowest BCUT2D eigenvalue weighted by Crippen LogP contribution is -2.45. The van der Waals surface area contributed by atoms with E-state index in [2.05, 4.69) is 23.7 Å². The number of Topliss-reactive ketones (excluding diaryl/α,β-unsaturated/α-hetero) is 1. The van der Waals surface area contributed by atoms with Crippen molar-refractivity contribution in [3.63, 3.8) is 0 Å². The molecule has 2 bridgehead atoms. The van der Waals surface area contributed by atoms with Crippen LogP contribution in [0.15, 0.2) is 23.8 Å². The van der Waals surface area contributed by atoms with Gasteiger partial charge in [-0.3, -0.25) is 9.59 Å². The number of rotatable bonds is 0. The summed E-state index contributed by atoms with van der Waals surface area (Å²) in [5.41, 5.74) is -2.26. The maximum atomic E-state index is 11.9. The first-order chi connectivity index (χ1) is 8.03. The first-order valence-corrected chi connectivity index (χ1v) is 4.91. The SMILES string of the molecule is O=C1C=C2C(=O)[C@](O)(C#C/C=C\C#C[C@@H]2O)C1. The van der Waals surface area contributed by atoms with Crippen molar-refractivity contribution in [1.82, 2.24) is 0 Å². The summed E-state index contributed by atoms with van der Waals surface area (Å²) < 4.78 is 0. The average Bonchev–Trinajstić information content (AvgIpc) is 2.26. The lowest BCUT2D eigenvalue weighted by Gasteiger charge is -2.25. The molecule has 4 heteroatoms. The molecule has 2 aliphatic carbocycles. The van der Waals surface area contributed by atoms with Crippen molar-refractivity contribution in [3.05, 3.63) is 23.8 Å². The van der Waals surface area contributed by atoms with E-state index in [-0.39, 0.29) is 5.57 Å². The maximum Gasteiger partial charge on any atom is 0.207 e. The highest BCUT2D eigenvalue weighted by atomic mass is 16.3. The van der Waals surface area contributed by atoms with Crippen LogP contribution in [-0.2, 0) is 9.59 Å². The highest BCUT2D eigenvalue weighted by Gasteiger charge is 2.43. The van der Waals surface area contributed by atoms with Gasteiger partial charge in [-0.25, -0.2) is 0 Å². The Balaban J connectivity index is 2.61. The first-order valence-electron chi connectivity index (χ1n) is 4.91. The summed E-state index contributed by atoms with van der Waals surface area (Å²) in [7, 11) is 0. The number of ketones is 2. The fourth-order valence-electron chi connectivity index (χ4n) is 1.61.